The SMILES string of the molecule is CCCCCCCCCCCCCCCC(=O)OC[C@H](COC(=O)CCC(C)=O)OC(=O)CCCCCCCCCCCCCCC.[3H]S(C)(CPO)P(C)CS([3H])(C)P(C)CS([3H])(C)P(C)S([3H])(C)(C)(C)NC(=O)CCC(=O)OC[C@@H](COC(=O)CCCCCCCCCCCCCCC)OC(=O)CCCCCCCCCCCCCCC. The third kappa shape index (κ3) is 77.6. The average molecular weight is 1790 g/mol. The maximum atomic E-state index is 13.6. The van der Waals surface area contributed by atoms with Gasteiger partial charge in [0.1, 0.15) is 32.2 Å². The molecule has 0 aliphatic rings. The minimum absolute atomic E-state index is 0.0200. The van der Waals surface area contributed by atoms with Crippen molar-refractivity contribution in [1.82, 2.24) is 4.72 Å². The predicted molar refractivity (Wildman–Crippen MR) is 517 cm³/mol. The summed E-state index contributed by atoms with van der Waals surface area (Å²) in [6.45, 7) is 15.6. The van der Waals surface area contributed by atoms with Crippen LogP contribution >= 0.6 is 69.5 Å². The Labute approximate surface area is 725 Å². The number of amides is 1. The zero-order valence-corrected chi connectivity index (χ0v) is 83.6. The van der Waals surface area contributed by atoms with Crippen LogP contribution in [-0.4, -0.2) is 170 Å². The Bertz CT molecular complexity index is 2610. The van der Waals surface area contributed by atoms with E-state index >= 15 is 0 Å². The van der Waals surface area contributed by atoms with Gasteiger partial charge in [0.2, 0.25) is 5.91 Å². The van der Waals surface area contributed by atoms with Crippen LogP contribution in [0.5, 0.6) is 0 Å². The number of hydrogen-bond donors (Lipinski definition) is 6. The number of esters is 6. The van der Waals surface area contributed by atoms with Crippen LogP contribution in [0.4, 0.5) is 0 Å². The van der Waals surface area contributed by atoms with E-state index in [-0.39, 0.29) is 97.5 Å². The zero-order valence-electron chi connectivity index (χ0n) is 80.7. The van der Waals surface area contributed by atoms with Gasteiger partial charge in [-0.15, -0.1) is 0 Å². The first-order valence-corrected chi connectivity index (χ1v) is 64.3. The molecule has 0 aliphatic heterocycles. The first-order valence-electron chi connectivity index (χ1n) is 48.0. The lowest BCUT2D eigenvalue weighted by molar-refractivity contribution is -0.167. The van der Waals surface area contributed by atoms with E-state index < -0.39 is 96.7 Å². The van der Waals surface area contributed by atoms with Gasteiger partial charge in [-0.3, -0.25) is 33.6 Å². The second kappa shape index (κ2) is 81.4. The lowest BCUT2D eigenvalue weighted by atomic mass is 10.0. The number of nitrogens with one attached hydrogen (secondary N) is 1. The normalized spacial score (nSPS) is 16.5. The summed E-state index contributed by atoms with van der Waals surface area (Å²) in [5, 5.41) is 0. The summed E-state index contributed by atoms with van der Waals surface area (Å²) in [5.74, 6) is -3.28. The first kappa shape index (κ1) is 108. The summed E-state index contributed by atoms with van der Waals surface area (Å²) in [7, 11) is -11.9. The van der Waals surface area contributed by atoms with Crippen LogP contribution in [-0.2, 0) is 66.8 Å². The van der Waals surface area contributed by atoms with Crippen LogP contribution < -0.4 is 4.72 Å². The van der Waals surface area contributed by atoms with Crippen molar-refractivity contribution in [3.05, 3.63) is 0 Å². The molecule has 115 heavy (non-hydrogen) atoms. The maximum absolute atomic E-state index is 13.6. The fourth-order valence-electron chi connectivity index (χ4n) is 13.4. The number of unbranched alkanes of at least 4 members (excludes halogenated alkanes) is 48. The molecule has 0 aromatic carbocycles. The predicted octanol–water partition coefficient (Wildman–Crippen LogP) is 27.4. The van der Waals surface area contributed by atoms with E-state index in [4.69, 9.17) is 29.5 Å². The van der Waals surface area contributed by atoms with Gasteiger partial charge in [0.25, 0.3) is 0 Å². The Morgan fingerprint density at radius 3 is 0.835 bits per heavy atom. The highest BCUT2D eigenvalue weighted by Crippen LogP contribution is 2.91. The molecule has 688 valence electrons. The van der Waals surface area contributed by atoms with Crippen LogP contribution in [0.25, 0.3) is 0 Å². The van der Waals surface area contributed by atoms with Crippen molar-refractivity contribution in [1.29, 1.82) is 4.50 Å². The quantitative estimate of drug-likeness (QED) is 0.0110. The summed E-state index contributed by atoms with van der Waals surface area (Å²) in [4.78, 5) is 110. The van der Waals surface area contributed by atoms with Gasteiger partial charge >= 0.3 is 35.8 Å². The molecule has 0 fully saturated rings. The van der Waals surface area contributed by atoms with E-state index in [1.807, 2.05) is 25.4 Å². The lowest BCUT2D eigenvalue weighted by Crippen LogP contribution is -2.35. The Balaban J connectivity index is 0. The molecule has 1 amide bonds. The van der Waals surface area contributed by atoms with Crippen molar-refractivity contribution in [2.75, 3.05) is 100 Å². The molecule has 0 radical (unpaired) electrons. The molecule has 0 saturated heterocycles. The maximum Gasteiger partial charge on any atom is 0.306 e. The first-order chi connectivity index (χ1) is 56.4. The van der Waals surface area contributed by atoms with Gasteiger partial charge in [0.05, 0.1) is 17.3 Å². The fourth-order valence-corrected chi connectivity index (χ4v) is 53.4. The monoisotopic (exact) mass is 1790 g/mol. The standard InChI is InChI=1S/C51H111NO8P4S4.C40H74O7/c1-12-14-16-18-20-22-24-26-28-30-32-34-36-38-49(54)58-42-47(60-51(56)39-37-35-33-31-29-27-25-23-21-19-17-15-13-2)43-59-50(55)41-40-48(53)52-68(9,10,11)64(5)67(8)46-63(4)66(7)45-62(3)65(6)44-61-57;1-4-6-8-10-12-14-16-18-20-22-24-26-28-30-38(42)45-34-37(35-46-39(43)33-32-36(3)41)47-40(44)31-29-27-25-23-21-19-17-15-13-11-9-7-5-2/h47,57,61,65-68H,12-46H2,1-11H3,(H,52,53);37H,4-35H2,1-3H3/t47-,62?,63?,64?;37-/m11/s1/i65T,66T,67T,68T;. The van der Waals surface area contributed by atoms with E-state index in [1.165, 1.54) is 257 Å². The molecule has 0 saturated carbocycles. The van der Waals surface area contributed by atoms with E-state index in [1.54, 1.807) is 18.8 Å². The summed E-state index contributed by atoms with van der Waals surface area (Å²) in [6, 6.07) is 0. The van der Waals surface area contributed by atoms with Gasteiger partial charge in [-0.2, -0.15) is 0 Å². The molecule has 0 aromatic rings. The van der Waals surface area contributed by atoms with Gasteiger partial charge in [-0.05, 0) is 96.5 Å². The number of ketones is 1. The van der Waals surface area contributed by atoms with Gasteiger partial charge < -0.3 is 42.8 Å². The molecular formula is C91H185NO15P4S4. The van der Waals surface area contributed by atoms with Crippen LogP contribution in [0.2, 0.25) is 0 Å². The van der Waals surface area contributed by atoms with Crippen LogP contribution in [0.1, 0.15) is 420 Å². The molecule has 0 rings (SSSR count). The Kier molecular flexibility index (Phi) is 76.6. The van der Waals surface area contributed by atoms with Crippen LogP contribution in [0.3, 0.4) is 0 Å². The van der Waals surface area contributed by atoms with Crippen molar-refractivity contribution in [2.45, 2.75) is 432 Å². The Morgan fingerprint density at radius 2 is 0.574 bits per heavy atom. The molecule has 0 aliphatic carbocycles. The highest BCUT2D eigenvalue weighted by atomic mass is 33.2. The molecule has 0 spiro atoms. The number of carbonyl (C=O) groups excluding carboxylic acids is 8. The van der Waals surface area contributed by atoms with Crippen LogP contribution in [0, 0.1) is 0 Å². The van der Waals surface area contributed by atoms with E-state index in [2.05, 4.69) is 45.7 Å². The molecule has 0 heterocycles. The van der Waals surface area contributed by atoms with E-state index in [0.717, 1.165) is 77.0 Å². The summed E-state index contributed by atoms with van der Waals surface area (Å²) in [6.07, 6.45) is 71.9. The van der Waals surface area contributed by atoms with Crippen molar-refractivity contribution in [3.63, 3.8) is 0 Å². The Hall–Kier alpha value is -0.960. The second-order valence-electron chi connectivity index (χ2n) is 33.7. The number of Topliss-reactive ketones (excluding diaryl/α,β-unsaturated/α-hetero) is 1. The number of carbonyl (C=O) groups is 8. The minimum atomic E-state index is -4.15. The molecule has 0 bridgehead atoms. The second-order valence-corrected chi connectivity index (χ2v) is 66.5. The summed E-state index contributed by atoms with van der Waals surface area (Å²) < 4.78 is 73.8. The van der Waals surface area contributed by atoms with E-state index in [0.29, 0.717) is 35.7 Å². The molecule has 16 nitrogen and oxygen atoms in total. The third-order valence-corrected chi connectivity index (χ3v) is 62.0. The van der Waals surface area contributed by atoms with Gasteiger partial charge in [-0.25, -0.2) is 40.1 Å². The third-order valence-electron chi connectivity index (χ3n) is 21.4. The molecule has 0 aromatic heterocycles. The summed E-state index contributed by atoms with van der Waals surface area (Å²) in [5.41, 5.74) is 1.65. The smallest absolute Gasteiger partial charge is 0.306 e. The van der Waals surface area contributed by atoms with E-state index in [9.17, 15) is 46.6 Å². The van der Waals surface area contributed by atoms with Gasteiger partial charge in [0.15, 0.2) is 12.2 Å². The largest absolute Gasteiger partial charge is 0.462 e. The number of hydrogen-bond acceptors (Lipinski definition) is 15. The molecule has 9 atom stereocenters. The average Bonchev–Trinajstić information content (AvgIpc) is 0.703. The van der Waals surface area contributed by atoms with Gasteiger partial charge in [-0.1, -0.05) is 350 Å². The van der Waals surface area contributed by atoms with Crippen molar-refractivity contribution < 1.29 is 71.7 Å². The van der Waals surface area contributed by atoms with Crippen molar-refractivity contribution >= 4 is 117 Å². The molecule has 2 N–H and O–H groups in total. The topological polar surface area (TPSA) is 224 Å². The molecule has 7 unspecified atom stereocenters. The van der Waals surface area contributed by atoms with Crippen molar-refractivity contribution in [2.24, 2.45) is 0 Å². The highest BCUT2D eigenvalue weighted by molar-refractivity contribution is 9.09. The fraction of sp³-hybridized carbons (Fsp3) is 0.912. The Morgan fingerprint density at radius 1 is 0.348 bits per heavy atom. The minimum Gasteiger partial charge on any atom is -0.462 e. The van der Waals surface area contributed by atoms with Gasteiger partial charge in [0, 0.05) is 63.8 Å². The number of ether oxygens (including phenoxy) is 6. The zero-order chi connectivity index (χ0) is 89.4. The summed E-state index contributed by atoms with van der Waals surface area (Å²) >= 11 is 0. The number of thiol groups is 4. The lowest BCUT2D eigenvalue weighted by Gasteiger charge is -2.60. The number of rotatable bonds is 83. The van der Waals surface area contributed by atoms with Crippen molar-refractivity contribution in [3.8, 4) is 0 Å². The molecular weight excluding hydrogens is 1600 g/mol. The highest BCUT2D eigenvalue weighted by Gasteiger charge is 2.36. The van der Waals surface area contributed by atoms with Crippen LogP contribution in [0.15, 0.2) is 0 Å². The molecule has 24 heteroatoms.